The van der Waals surface area contributed by atoms with Gasteiger partial charge in [0.2, 0.25) is 11.9 Å². The first-order valence-electron chi connectivity index (χ1n) is 6.29. The number of nitrogens with one attached hydrogen (secondary N) is 2. The second-order valence-electron chi connectivity index (χ2n) is 3.86. The van der Waals surface area contributed by atoms with Gasteiger partial charge in [0.05, 0.1) is 11.6 Å². The molecule has 0 atom stereocenters. The summed E-state index contributed by atoms with van der Waals surface area (Å²) in [5.74, 6) is 6.02. The number of nitrogen functional groups attached to an aromatic ring is 1. The van der Waals surface area contributed by atoms with Crippen molar-refractivity contribution in [2.45, 2.75) is 19.8 Å². The van der Waals surface area contributed by atoms with E-state index in [-0.39, 0.29) is 12.0 Å². The smallest absolute Gasteiger partial charge is 0.323 e. The quantitative estimate of drug-likeness (QED) is 0.489. The van der Waals surface area contributed by atoms with E-state index >= 15 is 0 Å². The van der Waals surface area contributed by atoms with Crippen molar-refractivity contribution in [3.8, 4) is 6.01 Å². The van der Waals surface area contributed by atoms with Gasteiger partial charge < -0.3 is 10.1 Å². The van der Waals surface area contributed by atoms with Crippen LogP contribution in [0, 0.1) is 0 Å². The fraction of sp³-hybridized carbons (Fsp3) is 0.455. The number of rotatable bonds is 8. The minimum absolute atomic E-state index is 0.256. The average molecular weight is 295 g/mol. The van der Waals surface area contributed by atoms with Crippen molar-refractivity contribution in [1.82, 2.24) is 19.9 Å². The molecule has 8 nitrogen and oxygen atoms in total. The van der Waals surface area contributed by atoms with Crippen molar-refractivity contribution < 1.29 is 4.74 Å². The predicted molar refractivity (Wildman–Crippen MR) is 77.7 cm³/mol. The molecule has 0 saturated heterocycles. The van der Waals surface area contributed by atoms with Gasteiger partial charge in [-0.05, 0) is 6.42 Å². The number of ether oxygens (including phenoxy) is 1. The zero-order chi connectivity index (χ0) is 14.2. The number of hydrogen-bond donors (Lipinski definition) is 3. The first-order valence-corrected chi connectivity index (χ1v) is 7.17. The Hall–Kier alpha value is -2.00. The molecule has 9 heteroatoms. The number of nitrogens with two attached hydrogens (primary N) is 1. The minimum Gasteiger partial charge on any atom is -0.463 e. The Morgan fingerprint density at radius 1 is 1.30 bits per heavy atom. The summed E-state index contributed by atoms with van der Waals surface area (Å²) in [6, 6.07) is 0.256. The molecule has 2 aromatic rings. The third kappa shape index (κ3) is 4.28. The molecular formula is C11H17N7OS. The van der Waals surface area contributed by atoms with Crippen molar-refractivity contribution >= 4 is 23.2 Å². The number of nitrogens with zero attached hydrogens (tertiary/aromatic N) is 4. The SMILES string of the molecule is CCCOc1nc(NN)nc(NCCc2nccs2)n1. The number of hydrogen-bond acceptors (Lipinski definition) is 9. The van der Waals surface area contributed by atoms with Gasteiger partial charge in [-0.3, -0.25) is 5.43 Å². The minimum atomic E-state index is 0.256. The van der Waals surface area contributed by atoms with Gasteiger partial charge in [-0.25, -0.2) is 10.8 Å². The Bertz CT molecular complexity index is 519. The van der Waals surface area contributed by atoms with Gasteiger partial charge >= 0.3 is 6.01 Å². The Balaban J connectivity index is 1.94. The zero-order valence-corrected chi connectivity index (χ0v) is 12.0. The van der Waals surface area contributed by atoms with Crippen molar-refractivity contribution in [3.63, 3.8) is 0 Å². The number of aromatic nitrogens is 4. The van der Waals surface area contributed by atoms with Crippen molar-refractivity contribution in [2.75, 3.05) is 23.9 Å². The Kier molecular flexibility index (Phi) is 5.44. The van der Waals surface area contributed by atoms with Crippen LogP contribution in [0.4, 0.5) is 11.9 Å². The highest BCUT2D eigenvalue weighted by Crippen LogP contribution is 2.11. The van der Waals surface area contributed by atoms with E-state index in [0.717, 1.165) is 17.8 Å². The van der Waals surface area contributed by atoms with Gasteiger partial charge in [0, 0.05) is 24.5 Å². The maximum atomic E-state index is 5.38. The van der Waals surface area contributed by atoms with Gasteiger partial charge in [-0.15, -0.1) is 11.3 Å². The fourth-order valence-electron chi connectivity index (χ4n) is 1.42. The molecule has 4 N–H and O–H groups in total. The maximum absolute atomic E-state index is 5.38. The lowest BCUT2D eigenvalue weighted by molar-refractivity contribution is 0.292. The summed E-state index contributed by atoms with van der Waals surface area (Å²) in [6.07, 6.45) is 3.47. The Labute approximate surface area is 120 Å². The van der Waals surface area contributed by atoms with E-state index in [0.29, 0.717) is 19.1 Å². The molecule has 0 spiro atoms. The molecule has 0 amide bonds. The summed E-state index contributed by atoms with van der Waals surface area (Å²) in [6.45, 7) is 3.23. The molecule has 2 heterocycles. The summed E-state index contributed by atoms with van der Waals surface area (Å²) in [4.78, 5) is 16.5. The number of anilines is 2. The van der Waals surface area contributed by atoms with Crippen LogP contribution in [0.5, 0.6) is 6.01 Å². The van der Waals surface area contributed by atoms with Crippen LogP contribution in [0.15, 0.2) is 11.6 Å². The van der Waals surface area contributed by atoms with Crippen LogP contribution in [0.25, 0.3) is 0 Å². The summed E-state index contributed by atoms with van der Waals surface area (Å²) < 4.78 is 5.38. The third-order valence-corrected chi connectivity index (χ3v) is 3.12. The van der Waals surface area contributed by atoms with Crippen LogP contribution in [0.1, 0.15) is 18.4 Å². The highest BCUT2D eigenvalue weighted by Gasteiger charge is 2.06. The van der Waals surface area contributed by atoms with Crippen LogP contribution >= 0.6 is 11.3 Å². The lowest BCUT2D eigenvalue weighted by atomic mass is 10.4. The molecule has 0 aliphatic carbocycles. The number of hydrazine groups is 1. The molecule has 0 aliphatic rings. The predicted octanol–water partition coefficient (Wildman–Crippen LogP) is 1.06. The normalized spacial score (nSPS) is 10.3. The zero-order valence-electron chi connectivity index (χ0n) is 11.2. The van der Waals surface area contributed by atoms with Crippen molar-refractivity contribution in [2.24, 2.45) is 5.84 Å². The van der Waals surface area contributed by atoms with Gasteiger partial charge in [-0.2, -0.15) is 15.0 Å². The van der Waals surface area contributed by atoms with E-state index in [1.165, 1.54) is 0 Å². The lowest BCUT2D eigenvalue weighted by Crippen LogP contribution is -2.15. The van der Waals surface area contributed by atoms with E-state index in [4.69, 9.17) is 10.6 Å². The van der Waals surface area contributed by atoms with Gasteiger partial charge in [-0.1, -0.05) is 6.92 Å². The molecule has 2 rings (SSSR count). The molecular weight excluding hydrogens is 278 g/mol. The van der Waals surface area contributed by atoms with Gasteiger partial charge in [0.1, 0.15) is 0 Å². The summed E-state index contributed by atoms with van der Waals surface area (Å²) in [7, 11) is 0. The molecule has 2 aromatic heterocycles. The molecule has 0 saturated carbocycles. The summed E-state index contributed by atoms with van der Waals surface area (Å²) >= 11 is 1.62. The summed E-state index contributed by atoms with van der Waals surface area (Å²) in [5, 5.41) is 6.11. The van der Waals surface area contributed by atoms with Gasteiger partial charge in [0.25, 0.3) is 0 Å². The number of thiazole rings is 1. The second-order valence-corrected chi connectivity index (χ2v) is 4.84. The first kappa shape index (κ1) is 14.4. The molecule has 0 unspecified atom stereocenters. The highest BCUT2D eigenvalue weighted by molar-refractivity contribution is 7.09. The average Bonchev–Trinajstić information content (AvgIpc) is 2.98. The molecule has 0 fully saturated rings. The standard InChI is InChI=1S/C11H17N7OS/c1-2-6-19-11-16-9(15-10(17-11)18-12)14-4-3-8-13-5-7-20-8/h5,7H,2-4,6,12H2,1H3,(H2,14,15,16,17,18). The maximum Gasteiger partial charge on any atom is 0.323 e. The van der Waals surface area contributed by atoms with Crippen LogP contribution in [0.3, 0.4) is 0 Å². The fourth-order valence-corrected chi connectivity index (χ4v) is 2.04. The topological polar surface area (TPSA) is 111 Å². The van der Waals surface area contributed by atoms with Crippen LogP contribution in [0.2, 0.25) is 0 Å². The van der Waals surface area contributed by atoms with Crippen molar-refractivity contribution in [3.05, 3.63) is 16.6 Å². The molecule has 108 valence electrons. The Morgan fingerprint density at radius 3 is 2.85 bits per heavy atom. The van der Waals surface area contributed by atoms with E-state index in [1.807, 2.05) is 12.3 Å². The van der Waals surface area contributed by atoms with Gasteiger partial charge in [0.15, 0.2) is 0 Å². The molecule has 0 aromatic carbocycles. The highest BCUT2D eigenvalue weighted by atomic mass is 32.1. The van der Waals surface area contributed by atoms with E-state index in [1.54, 1.807) is 17.5 Å². The molecule has 0 aliphatic heterocycles. The van der Waals surface area contributed by atoms with Crippen molar-refractivity contribution in [1.29, 1.82) is 0 Å². The third-order valence-electron chi connectivity index (χ3n) is 2.28. The summed E-state index contributed by atoms with van der Waals surface area (Å²) in [5.41, 5.74) is 2.40. The van der Waals surface area contributed by atoms with Crippen LogP contribution in [-0.4, -0.2) is 33.1 Å². The molecule has 0 bridgehead atoms. The van der Waals surface area contributed by atoms with E-state index in [2.05, 4.69) is 30.7 Å². The lowest BCUT2D eigenvalue weighted by Gasteiger charge is -2.08. The van der Waals surface area contributed by atoms with Crippen LogP contribution in [-0.2, 0) is 6.42 Å². The first-order chi connectivity index (χ1) is 9.81. The van der Waals surface area contributed by atoms with Crippen LogP contribution < -0.4 is 21.3 Å². The largest absolute Gasteiger partial charge is 0.463 e. The second kappa shape index (κ2) is 7.56. The molecule has 20 heavy (non-hydrogen) atoms. The van der Waals surface area contributed by atoms with E-state index in [9.17, 15) is 0 Å². The Morgan fingerprint density at radius 2 is 2.15 bits per heavy atom. The molecule has 0 radical (unpaired) electrons. The monoisotopic (exact) mass is 295 g/mol. The van der Waals surface area contributed by atoms with E-state index < -0.39 is 0 Å².